The Balaban J connectivity index is 1.79. The molecule has 0 spiro atoms. The van der Waals surface area contributed by atoms with Crippen LogP contribution in [-0.2, 0) is 14.3 Å². The van der Waals surface area contributed by atoms with E-state index >= 15 is 0 Å². The molecule has 20 heavy (non-hydrogen) atoms. The molecule has 1 aliphatic heterocycles. The third-order valence-corrected chi connectivity index (χ3v) is 3.34. The van der Waals surface area contributed by atoms with Crippen molar-refractivity contribution in [3.05, 3.63) is 18.5 Å². The summed E-state index contributed by atoms with van der Waals surface area (Å²) in [6.45, 7) is 1.40. The van der Waals surface area contributed by atoms with Crippen molar-refractivity contribution in [2.75, 3.05) is 31.6 Å². The average molecular weight is 278 g/mol. The fourth-order valence-electron chi connectivity index (χ4n) is 2.17. The molecule has 2 rings (SSSR count). The number of aromatic nitrogens is 2. The molecule has 1 aromatic rings. The fraction of sp³-hybridized carbons (Fsp3) is 0.538. The van der Waals surface area contributed by atoms with Crippen molar-refractivity contribution in [3.8, 4) is 0 Å². The molecule has 0 bridgehead atoms. The topological polar surface area (TPSA) is 84.4 Å². The highest BCUT2D eigenvalue weighted by atomic mass is 16.5. The summed E-state index contributed by atoms with van der Waals surface area (Å²) in [6, 6.07) is 1.77. The van der Waals surface area contributed by atoms with Crippen molar-refractivity contribution in [1.29, 1.82) is 0 Å². The number of nitrogens with zero attached hydrogens (tertiary/aromatic N) is 3. The normalized spacial score (nSPS) is 15.8. The maximum atomic E-state index is 11.9. The molecule has 1 amide bonds. The van der Waals surface area contributed by atoms with Gasteiger partial charge in [-0.15, -0.1) is 0 Å². The molecule has 2 heterocycles. The summed E-state index contributed by atoms with van der Waals surface area (Å²) in [5.41, 5.74) is 0. The second-order valence-corrected chi connectivity index (χ2v) is 4.60. The van der Waals surface area contributed by atoms with Crippen LogP contribution in [0.4, 0.5) is 5.95 Å². The van der Waals surface area contributed by atoms with Gasteiger partial charge in [0.05, 0.1) is 7.11 Å². The van der Waals surface area contributed by atoms with E-state index in [1.807, 2.05) is 0 Å². The number of amides is 1. The lowest BCUT2D eigenvalue weighted by Crippen LogP contribution is -2.42. The lowest BCUT2D eigenvalue weighted by Gasteiger charge is -2.31. The Morgan fingerprint density at radius 1 is 1.35 bits per heavy atom. The van der Waals surface area contributed by atoms with Crippen LogP contribution in [-0.4, -0.2) is 48.6 Å². The Labute approximate surface area is 117 Å². The standard InChI is InChI=1S/C13H18N4O3/c1-20-11(18)9-16-12(19)10-3-7-17(8-4-10)13-14-5-2-6-15-13/h2,5-6,10H,3-4,7-9H2,1H3,(H,16,19). The third kappa shape index (κ3) is 3.66. The second-order valence-electron chi connectivity index (χ2n) is 4.60. The minimum Gasteiger partial charge on any atom is -0.468 e. The van der Waals surface area contributed by atoms with Crippen molar-refractivity contribution in [2.45, 2.75) is 12.8 Å². The predicted octanol–water partition coefficient (Wildman–Crippen LogP) is -0.0178. The first kappa shape index (κ1) is 14.2. The zero-order chi connectivity index (χ0) is 14.4. The van der Waals surface area contributed by atoms with Crippen molar-refractivity contribution >= 4 is 17.8 Å². The number of hydrogen-bond donors (Lipinski definition) is 1. The average Bonchev–Trinajstić information content (AvgIpc) is 2.53. The number of hydrogen-bond acceptors (Lipinski definition) is 6. The Kier molecular flexibility index (Phi) is 4.86. The van der Waals surface area contributed by atoms with Crippen LogP contribution < -0.4 is 10.2 Å². The van der Waals surface area contributed by atoms with Gasteiger partial charge in [-0.2, -0.15) is 0 Å². The molecular formula is C13H18N4O3. The van der Waals surface area contributed by atoms with Gasteiger partial charge in [0.15, 0.2) is 0 Å². The van der Waals surface area contributed by atoms with Crippen molar-refractivity contribution in [2.24, 2.45) is 5.92 Å². The molecule has 7 heteroatoms. The van der Waals surface area contributed by atoms with E-state index in [2.05, 4.69) is 24.9 Å². The van der Waals surface area contributed by atoms with Crippen LogP contribution in [0.25, 0.3) is 0 Å². The van der Waals surface area contributed by atoms with Crippen LogP contribution >= 0.6 is 0 Å². The van der Waals surface area contributed by atoms with Crippen LogP contribution in [0, 0.1) is 5.92 Å². The maximum absolute atomic E-state index is 11.9. The summed E-state index contributed by atoms with van der Waals surface area (Å²) < 4.78 is 4.48. The number of carbonyl (C=O) groups excluding carboxylic acids is 2. The van der Waals surface area contributed by atoms with E-state index in [1.54, 1.807) is 18.5 Å². The van der Waals surface area contributed by atoms with Gasteiger partial charge >= 0.3 is 5.97 Å². The van der Waals surface area contributed by atoms with Gasteiger partial charge < -0.3 is 15.0 Å². The van der Waals surface area contributed by atoms with Gasteiger partial charge in [0.1, 0.15) is 6.54 Å². The second kappa shape index (κ2) is 6.83. The van der Waals surface area contributed by atoms with E-state index in [4.69, 9.17) is 0 Å². The molecule has 1 aromatic heterocycles. The number of carbonyl (C=O) groups is 2. The van der Waals surface area contributed by atoms with Crippen molar-refractivity contribution in [3.63, 3.8) is 0 Å². The predicted molar refractivity (Wildman–Crippen MR) is 72.0 cm³/mol. The van der Waals surface area contributed by atoms with Crippen LogP contribution in [0.3, 0.4) is 0 Å². The number of nitrogens with one attached hydrogen (secondary N) is 1. The first-order valence-corrected chi connectivity index (χ1v) is 6.57. The van der Waals surface area contributed by atoms with Crippen LogP contribution in [0.2, 0.25) is 0 Å². The van der Waals surface area contributed by atoms with Gasteiger partial charge in [0.2, 0.25) is 11.9 Å². The SMILES string of the molecule is COC(=O)CNC(=O)C1CCN(c2ncccn2)CC1. The Morgan fingerprint density at radius 2 is 2.00 bits per heavy atom. The molecule has 0 aromatic carbocycles. The minimum atomic E-state index is -0.437. The minimum absolute atomic E-state index is 0.0698. The highest BCUT2D eigenvalue weighted by Crippen LogP contribution is 2.20. The molecule has 108 valence electrons. The summed E-state index contributed by atoms with van der Waals surface area (Å²) in [5, 5.41) is 2.59. The van der Waals surface area contributed by atoms with Gasteiger partial charge in [-0.25, -0.2) is 9.97 Å². The number of rotatable bonds is 4. The highest BCUT2D eigenvalue weighted by molar-refractivity contribution is 5.83. The van der Waals surface area contributed by atoms with Crippen LogP contribution in [0.5, 0.6) is 0 Å². The van der Waals surface area contributed by atoms with Gasteiger partial charge in [0, 0.05) is 31.4 Å². The van der Waals surface area contributed by atoms with E-state index < -0.39 is 5.97 Å². The number of piperidine rings is 1. The number of anilines is 1. The van der Waals surface area contributed by atoms with Gasteiger partial charge in [-0.05, 0) is 18.9 Å². The lowest BCUT2D eigenvalue weighted by molar-refractivity contribution is -0.141. The van der Waals surface area contributed by atoms with Crippen LogP contribution in [0.15, 0.2) is 18.5 Å². The summed E-state index contributed by atoms with van der Waals surface area (Å²) in [5.74, 6) is 0.0954. The Bertz CT molecular complexity index is 458. The molecule has 0 unspecified atom stereocenters. The summed E-state index contributed by atoms with van der Waals surface area (Å²) in [4.78, 5) is 33.3. The molecule has 1 fully saturated rings. The van der Waals surface area contributed by atoms with Crippen LogP contribution in [0.1, 0.15) is 12.8 Å². The number of methoxy groups -OCH3 is 1. The molecule has 1 aliphatic rings. The maximum Gasteiger partial charge on any atom is 0.325 e. The lowest BCUT2D eigenvalue weighted by atomic mass is 9.96. The van der Waals surface area contributed by atoms with E-state index in [-0.39, 0.29) is 18.4 Å². The first-order chi connectivity index (χ1) is 9.70. The van der Waals surface area contributed by atoms with Gasteiger partial charge in [-0.3, -0.25) is 9.59 Å². The molecule has 0 atom stereocenters. The first-order valence-electron chi connectivity index (χ1n) is 6.57. The fourth-order valence-corrected chi connectivity index (χ4v) is 2.17. The van der Waals surface area contributed by atoms with E-state index in [9.17, 15) is 9.59 Å². The number of ether oxygens (including phenoxy) is 1. The monoisotopic (exact) mass is 278 g/mol. The molecule has 0 aliphatic carbocycles. The third-order valence-electron chi connectivity index (χ3n) is 3.34. The van der Waals surface area contributed by atoms with Crippen molar-refractivity contribution < 1.29 is 14.3 Å². The quantitative estimate of drug-likeness (QED) is 0.779. The summed E-state index contributed by atoms with van der Waals surface area (Å²) in [7, 11) is 1.30. The zero-order valence-corrected chi connectivity index (χ0v) is 11.4. The molecular weight excluding hydrogens is 260 g/mol. The molecule has 1 N–H and O–H groups in total. The molecule has 1 saturated heterocycles. The highest BCUT2D eigenvalue weighted by Gasteiger charge is 2.26. The number of esters is 1. The molecule has 7 nitrogen and oxygen atoms in total. The smallest absolute Gasteiger partial charge is 0.325 e. The van der Waals surface area contributed by atoms with E-state index in [0.29, 0.717) is 5.95 Å². The van der Waals surface area contributed by atoms with Gasteiger partial charge in [0.25, 0.3) is 0 Å². The molecule has 0 radical (unpaired) electrons. The van der Waals surface area contributed by atoms with Gasteiger partial charge in [-0.1, -0.05) is 0 Å². The summed E-state index contributed by atoms with van der Waals surface area (Å²) >= 11 is 0. The largest absolute Gasteiger partial charge is 0.468 e. The van der Waals surface area contributed by atoms with E-state index in [0.717, 1.165) is 25.9 Å². The Hall–Kier alpha value is -2.18. The summed E-state index contributed by atoms with van der Waals surface area (Å²) in [6.07, 6.45) is 4.87. The van der Waals surface area contributed by atoms with Crippen molar-refractivity contribution in [1.82, 2.24) is 15.3 Å². The van der Waals surface area contributed by atoms with E-state index in [1.165, 1.54) is 7.11 Å². The Morgan fingerprint density at radius 3 is 2.60 bits per heavy atom. The molecule has 0 saturated carbocycles. The zero-order valence-electron chi connectivity index (χ0n) is 11.4.